The Bertz CT molecular complexity index is 479. The van der Waals surface area contributed by atoms with Gasteiger partial charge in [0, 0.05) is 31.2 Å². The molecule has 1 saturated heterocycles. The van der Waals surface area contributed by atoms with Crippen molar-refractivity contribution in [1.82, 2.24) is 14.2 Å². The van der Waals surface area contributed by atoms with Crippen LogP contribution in [0.4, 0.5) is 0 Å². The normalized spacial score (nSPS) is 19.1. The number of hydrogen-bond donors (Lipinski definition) is 0. The van der Waals surface area contributed by atoms with Crippen LogP contribution in [-0.2, 0) is 16.6 Å². The van der Waals surface area contributed by atoms with Gasteiger partial charge < -0.3 is 0 Å². The summed E-state index contributed by atoms with van der Waals surface area (Å²) in [6, 6.07) is 0. The van der Waals surface area contributed by atoms with Crippen molar-refractivity contribution in [2.75, 3.05) is 32.9 Å². The lowest BCUT2D eigenvalue weighted by Gasteiger charge is -2.33. The van der Waals surface area contributed by atoms with Crippen LogP contribution in [0.25, 0.3) is 0 Å². The lowest BCUT2D eigenvalue weighted by molar-refractivity contribution is 0.167. The number of sulfonamides is 1. The molecule has 0 saturated carbocycles. The molecule has 0 aromatic carbocycles. The van der Waals surface area contributed by atoms with E-state index in [4.69, 9.17) is 0 Å². The minimum Gasteiger partial charge on any atom is -0.298 e. The van der Waals surface area contributed by atoms with E-state index in [1.165, 1.54) is 15.4 Å². The Morgan fingerprint density at radius 1 is 1.47 bits per heavy atom. The summed E-state index contributed by atoms with van der Waals surface area (Å²) in [7, 11) is -1.38. The van der Waals surface area contributed by atoms with Crippen LogP contribution in [0.5, 0.6) is 0 Å². The maximum absolute atomic E-state index is 11.4. The number of rotatable bonds is 5. The van der Waals surface area contributed by atoms with E-state index in [0.717, 1.165) is 32.5 Å². The van der Waals surface area contributed by atoms with Gasteiger partial charge in [0.05, 0.1) is 11.8 Å². The van der Waals surface area contributed by atoms with Crippen molar-refractivity contribution in [3.05, 3.63) is 16.6 Å². The van der Waals surface area contributed by atoms with Crippen LogP contribution < -0.4 is 0 Å². The van der Waals surface area contributed by atoms with Gasteiger partial charge in [0.15, 0.2) is 0 Å². The van der Waals surface area contributed by atoms with Gasteiger partial charge in [-0.1, -0.05) is 0 Å². The van der Waals surface area contributed by atoms with Gasteiger partial charge in [0.2, 0.25) is 10.0 Å². The van der Waals surface area contributed by atoms with Crippen LogP contribution >= 0.6 is 11.3 Å². The van der Waals surface area contributed by atoms with Crippen LogP contribution in [-0.4, -0.2) is 55.5 Å². The van der Waals surface area contributed by atoms with Gasteiger partial charge in [-0.25, -0.2) is 12.7 Å². The van der Waals surface area contributed by atoms with Gasteiger partial charge in [-0.2, -0.15) is 0 Å². The summed E-state index contributed by atoms with van der Waals surface area (Å²) in [5.74, 6) is 0.484. The molecular weight excluding hydrogens is 282 g/mol. The molecule has 1 aliphatic rings. The minimum absolute atomic E-state index is 0.484. The van der Waals surface area contributed by atoms with Crippen molar-refractivity contribution < 1.29 is 8.42 Å². The Morgan fingerprint density at radius 2 is 2.16 bits per heavy atom. The molecule has 0 unspecified atom stereocenters. The molecule has 1 aromatic heterocycles. The first-order chi connectivity index (χ1) is 8.95. The summed E-state index contributed by atoms with van der Waals surface area (Å²) in [5, 5.41) is 0. The zero-order valence-corrected chi connectivity index (χ0v) is 13.1. The van der Waals surface area contributed by atoms with Crippen molar-refractivity contribution in [1.29, 1.82) is 0 Å². The lowest BCUT2D eigenvalue weighted by Crippen LogP contribution is -2.38. The number of piperidine rings is 1. The van der Waals surface area contributed by atoms with Crippen LogP contribution in [0, 0.1) is 5.92 Å². The van der Waals surface area contributed by atoms with Crippen molar-refractivity contribution in [2.24, 2.45) is 5.92 Å². The molecule has 0 radical (unpaired) electrons. The Balaban J connectivity index is 1.76. The van der Waals surface area contributed by atoms with Gasteiger partial charge >= 0.3 is 0 Å². The minimum atomic E-state index is -3.04. The van der Waals surface area contributed by atoms with Gasteiger partial charge in [-0.3, -0.25) is 9.88 Å². The van der Waals surface area contributed by atoms with E-state index in [2.05, 4.69) is 9.88 Å². The molecule has 0 atom stereocenters. The van der Waals surface area contributed by atoms with Crippen molar-refractivity contribution in [3.8, 4) is 0 Å². The van der Waals surface area contributed by atoms with E-state index < -0.39 is 10.0 Å². The second kappa shape index (κ2) is 6.30. The molecule has 2 rings (SSSR count). The zero-order chi connectivity index (χ0) is 13.9. The molecule has 0 spiro atoms. The van der Waals surface area contributed by atoms with E-state index in [0.29, 0.717) is 12.5 Å². The number of likely N-dealkylation sites (tertiary alicyclic amines) is 1. The van der Waals surface area contributed by atoms with E-state index in [1.807, 2.05) is 11.7 Å². The molecule has 0 aliphatic carbocycles. The van der Waals surface area contributed by atoms with Gasteiger partial charge in [0.25, 0.3) is 0 Å². The number of nitrogens with zero attached hydrogens (tertiary/aromatic N) is 3. The fraction of sp³-hybridized carbons (Fsp3) is 0.750. The molecule has 0 amide bonds. The highest BCUT2D eigenvalue weighted by Crippen LogP contribution is 2.21. The molecule has 108 valence electrons. The Hall–Kier alpha value is -0.500. The molecule has 19 heavy (non-hydrogen) atoms. The van der Waals surface area contributed by atoms with Crippen LogP contribution in [0.2, 0.25) is 0 Å². The van der Waals surface area contributed by atoms with E-state index >= 15 is 0 Å². The van der Waals surface area contributed by atoms with Crippen LogP contribution in [0.15, 0.2) is 11.7 Å². The van der Waals surface area contributed by atoms with Gasteiger partial charge in [0.1, 0.15) is 0 Å². The first-order valence-electron chi connectivity index (χ1n) is 6.46. The smallest absolute Gasteiger partial charge is 0.210 e. The van der Waals surface area contributed by atoms with Crippen LogP contribution in [0.1, 0.15) is 17.7 Å². The highest BCUT2D eigenvalue weighted by atomic mass is 32.2. The average molecular weight is 303 g/mol. The Morgan fingerprint density at radius 3 is 2.68 bits per heavy atom. The van der Waals surface area contributed by atoms with Gasteiger partial charge in [-0.15, -0.1) is 11.3 Å². The average Bonchev–Trinajstić information content (AvgIpc) is 2.83. The fourth-order valence-corrected chi connectivity index (χ4v) is 3.48. The Labute approximate surface area is 119 Å². The highest BCUT2D eigenvalue weighted by molar-refractivity contribution is 7.88. The van der Waals surface area contributed by atoms with E-state index in [9.17, 15) is 8.42 Å². The third-order valence-corrected chi connectivity index (χ3v) is 5.70. The quantitative estimate of drug-likeness (QED) is 0.821. The molecular formula is C12H21N3O2S2. The van der Waals surface area contributed by atoms with Crippen molar-refractivity contribution in [3.63, 3.8) is 0 Å². The van der Waals surface area contributed by atoms with Crippen molar-refractivity contribution >= 4 is 21.4 Å². The van der Waals surface area contributed by atoms with Crippen molar-refractivity contribution in [2.45, 2.75) is 19.4 Å². The molecule has 1 aliphatic heterocycles. The first kappa shape index (κ1) is 14.9. The Kier molecular flexibility index (Phi) is 4.94. The number of aromatic nitrogens is 1. The van der Waals surface area contributed by atoms with E-state index in [1.54, 1.807) is 18.4 Å². The zero-order valence-electron chi connectivity index (χ0n) is 11.4. The standard InChI is InChI=1S/C12H21N3O2S2/c1-14(19(2,16)17)8-11-3-5-15(6-4-11)9-12-7-13-10-18-12/h7,10-11H,3-6,8-9H2,1-2H3. The second-order valence-corrected chi connectivity index (χ2v) is 8.29. The topological polar surface area (TPSA) is 53.5 Å². The third-order valence-electron chi connectivity index (χ3n) is 3.65. The summed E-state index contributed by atoms with van der Waals surface area (Å²) < 4.78 is 24.3. The molecule has 0 bridgehead atoms. The fourth-order valence-electron chi connectivity index (χ4n) is 2.37. The number of hydrogen-bond acceptors (Lipinski definition) is 5. The second-order valence-electron chi connectivity index (χ2n) is 5.23. The summed E-state index contributed by atoms with van der Waals surface area (Å²) in [6.07, 6.45) is 5.33. The highest BCUT2D eigenvalue weighted by Gasteiger charge is 2.23. The summed E-state index contributed by atoms with van der Waals surface area (Å²) in [6.45, 7) is 3.70. The lowest BCUT2D eigenvalue weighted by atomic mass is 9.97. The molecule has 2 heterocycles. The van der Waals surface area contributed by atoms with Gasteiger partial charge in [-0.05, 0) is 31.8 Å². The SMILES string of the molecule is CN(CC1CCN(Cc2cncs2)CC1)S(C)(=O)=O. The van der Waals surface area contributed by atoms with E-state index in [-0.39, 0.29) is 0 Å². The maximum Gasteiger partial charge on any atom is 0.210 e. The first-order valence-corrected chi connectivity index (χ1v) is 9.19. The predicted molar refractivity (Wildman–Crippen MR) is 77.6 cm³/mol. The molecule has 1 aromatic rings. The molecule has 5 nitrogen and oxygen atoms in total. The monoisotopic (exact) mass is 303 g/mol. The predicted octanol–water partition coefficient (Wildman–Crippen LogP) is 1.25. The maximum atomic E-state index is 11.4. The third kappa shape index (κ3) is 4.52. The molecule has 0 N–H and O–H groups in total. The largest absolute Gasteiger partial charge is 0.298 e. The summed E-state index contributed by atoms with van der Waals surface area (Å²) in [5.41, 5.74) is 1.86. The molecule has 1 fully saturated rings. The molecule has 7 heteroatoms. The summed E-state index contributed by atoms with van der Waals surface area (Å²) >= 11 is 1.69. The summed E-state index contributed by atoms with van der Waals surface area (Å²) in [4.78, 5) is 7.81. The number of thiazole rings is 1. The van der Waals surface area contributed by atoms with Crippen LogP contribution in [0.3, 0.4) is 0 Å².